The first kappa shape index (κ1) is 20.0. The largest absolute Gasteiger partial charge is 0.366 e. The van der Waals surface area contributed by atoms with Crippen LogP contribution in [0, 0.1) is 0 Å². The number of pyridine rings is 1. The molecular formula is C23H30N4O2. The summed E-state index contributed by atoms with van der Waals surface area (Å²) in [5, 5.41) is 3.23. The zero-order chi connectivity index (χ0) is 19.9. The van der Waals surface area contributed by atoms with Gasteiger partial charge in [0, 0.05) is 57.7 Å². The Bertz CT molecular complexity index is 763. The predicted molar refractivity (Wildman–Crippen MR) is 112 cm³/mol. The van der Waals surface area contributed by atoms with Gasteiger partial charge in [0.25, 0.3) is 5.91 Å². The van der Waals surface area contributed by atoms with Crippen LogP contribution in [0.15, 0.2) is 54.9 Å². The number of likely N-dealkylation sites (tertiary alicyclic amines) is 1. The highest BCUT2D eigenvalue weighted by Crippen LogP contribution is 2.15. The van der Waals surface area contributed by atoms with Crippen molar-refractivity contribution in [1.82, 2.24) is 20.1 Å². The number of piperidine rings is 1. The number of morpholine rings is 1. The number of nitrogens with zero attached hydrogens (tertiary/aromatic N) is 3. The van der Waals surface area contributed by atoms with Crippen molar-refractivity contribution in [3.05, 3.63) is 66.0 Å². The molecule has 2 aliphatic rings. The molecule has 0 aliphatic carbocycles. The minimum absolute atomic E-state index is 0.0374. The molecule has 1 amide bonds. The summed E-state index contributed by atoms with van der Waals surface area (Å²) in [7, 11) is 0. The van der Waals surface area contributed by atoms with Crippen LogP contribution in [0.5, 0.6) is 0 Å². The summed E-state index contributed by atoms with van der Waals surface area (Å²) in [6.45, 7) is 5.94. The maximum absolute atomic E-state index is 12.8. The lowest BCUT2D eigenvalue weighted by molar-refractivity contribution is -0.139. The summed E-state index contributed by atoms with van der Waals surface area (Å²) in [6.07, 6.45) is 5.28. The first-order valence-corrected chi connectivity index (χ1v) is 10.6. The Balaban J connectivity index is 1.21. The van der Waals surface area contributed by atoms with Crippen molar-refractivity contribution < 1.29 is 9.53 Å². The summed E-state index contributed by atoms with van der Waals surface area (Å²) >= 11 is 0. The second kappa shape index (κ2) is 9.96. The van der Waals surface area contributed by atoms with Crippen LogP contribution < -0.4 is 5.32 Å². The van der Waals surface area contributed by atoms with E-state index in [0.717, 1.165) is 45.6 Å². The van der Waals surface area contributed by atoms with Gasteiger partial charge < -0.3 is 10.1 Å². The smallest absolute Gasteiger partial charge is 0.250 e. The molecule has 4 rings (SSSR count). The van der Waals surface area contributed by atoms with Crippen molar-refractivity contribution in [2.45, 2.75) is 38.1 Å². The van der Waals surface area contributed by atoms with Crippen molar-refractivity contribution in [3.63, 3.8) is 0 Å². The van der Waals surface area contributed by atoms with Crippen LogP contribution in [0.2, 0.25) is 0 Å². The normalized spacial score (nSPS) is 21.7. The van der Waals surface area contributed by atoms with Gasteiger partial charge in [-0.25, -0.2) is 0 Å². The number of carbonyl (C=O) groups excluding carboxylic acids is 1. The van der Waals surface area contributed by atoms with Gasteiger partial charge in [-0.15, -0.1) is 0 Å². The standard InChI is InChI=1S/C23H30N4O2/c28-23(22-18-27(14-15-29-22)17-19-4-2-1-3-5-19)25-21-8-12-26(13-9-21)16-20-6-10-24-11-7-20/h1-7,10-11,21-22H,8-9,12-18H2,(H,25,28). The Morgan fingerprint density at radius 3 is 2.41 bits per heavy atom. The van der Waals surface area contributed by atoms with Gasteiger partial charge in [0.05, 0.1) is 6.61 Å². The topological polar surface area (TPSA) is 57.7 Å². The van der Waals surface area contributed by atoms with Gasteiger partial charge >= 0.3 is 0 Å². The van der Waals surface area contributed by atoms with E-state index in [1.807, 2.05) is 18.5 Å². The molecule has 3 heterocycles. The molecule has 1 atom stereocenters. The second-order valence-corrected chi connectivity index (χ2v) is 7.99. The first-order chi connectivity index (χ1) is 14.3. The van der Waals surface area contributed by atoms with Crippen LogP contribution in [0.25, 0.3) is 0 Å². The summed E-state index contributed by atoms with van der Waals surface area (Å²) in [5.74, 6) is 0.0374. The quantitative estimate of drug-likeness (QED) is 0.813. The van der Waals surface area contributed by atoms with Crippen molar-refractivity contribution in [2.24, 2.45) is 0 Å². The molecule has 2 fully saturated rings. The lowest BCUT2D eigenvalue weighted by Gasteiger charge is -2.35. The van der Waals surface area contributed by atoms with Crippen LogP contribution >= 0.6 is 0 Å². The van der Waals surface area contributed by atoms with Crippen LogP contribution in [0.3, 0.4) is 0 Å². The molecule has 1 aromatic carbocycles. The zero-order valence-electron chi connectivity index (χ0n) is 16.9. The summed E-state index contributed by atoms with van der Waals surface area (Å²) < 4.78 is 5.78. The minimum atomic E-state index is -0.373. The van der Waals surface area contributed by atoms with Gasteiger partial charge in [-0.2, -0.15) is 0 Å². The molecule has 2 saturated heterocycles. The highest BCUT2D eigenvalue weighted by atomic mass is 16.5. The third-order valence-corrected chi connectivity index (χ3v) is 5.78. The van der Waals surface area contributed by atoms with E-state index in [0.29, 0.717) is 13.2 Å². The molecule has 154 valence electrons. The molecule has 1 unspecified atom stereocenters. The van der Waals surface area contributed by atoms with Gasteiger partial charge in [-0.05, 0) is 36.1 Å². The van der Waals surface area contributed by atoms with E-state index in [4.69, 9.17) is 4.74 Å². The predicted octanol–water partition coefficient (Wildman–Crippen LogP) is 2.06. The van der Waals surface area contributed by atoms with Gasteiger partial charge in [0.2, 0.25) is 0 Å². The fourth-order valence-electron chi connectivity index (χ4n) is 4.12. The summed E-state index contributed by atoms with van der Waals surface area (Å²) in [5.41, 5.74) is 2.56. The van der Waals surface area contributed by atoms with Crippen molar-refractivity contribution in [3.8, 4) is 0 Å². The molecule has 0 saturated carbocycles. The summed E-state index contributed by atoms with van der Waals surface area (Å²) in [4.78, 5) is 21.6. The van der Waals surface area contributed by atoms with Crippen LogP contribution in [-0.2, 0) is 22.6 Å². The zero-order valence-corrected chi connectivity index (χ0v) is 16.9. The highest BCUT2D eigenvalue weighted by Gasteiger charge is 2.29. The molecular weight excluding hydrogens is 364 g/mol. The summed E-state index contributed by atoms with van der Waals surface area (Å²) in [6, 6.07) is 14.8. The molecule has 0 spiro atoms. The molecule has 2 aliphatic heterocycles. The van der Waals surface area contributed by atoms with Crippen molar-refractivity contribution in [1.29, 1.82) is 0 Å². The average Bonchev–Trinajstić information content (AvgIpc) is 2.77. The number of ether oxygens (including phenoxy) is 1. The lowest BCUT2D eigenvalue weighted by atomic mass is 10.0. The maximum Gasteiger partial charge on any atom is 0.250 e. The second-order valence-electron chi connectivity index (χ2n) is 7.99. The molecule has 1 N–H and O–H groups in total. The molecule has 0 bridgehead atoms. The van der Waals surface area contributed by atoms with Gasteiger partial charge in [0.15, 0.2) is 0 Å². The van der Waals surface area contributed by atoms with E-state index in [1.54, 1.807) is 0 Å². The van der Waals surface area contributed by atoms with E-state index in [1.165, 1.54) is 11.1 Å². The molecule has 2 aromatic rings. The number of nitrogens with one attached hydrogen (secondary N) is 1. The number of aromatic nitrogens is 1. The maximum atomic E-state index is 12.8. The number of benzene rings is 1. The molecule has 29 heavy (non-hydrogen) atoms. The Morgan fingerprint density at radius 2 is 1.66 bits per heavy atom. The number of hydrogen-bond acceptors (Lipinski definition) is 5. The first-order valence-electron chi connectivity index (χ1n) is 10.6. The molecule has 6 nitrogen and oxygen atoms in total. The number of rotatable bonds is 6. The highest BCUT2D eigenvalue weighted by molar-refractivity contribution is 5.81. The molecule has 6 heteroatoms. The average molecular weight is 395 g/mol. The number of carbonyl (C=O) groups is 1. The van der Waals surface area contributed by atoms with E-state index in [2.05, 4.69) is 56.5 Å². The SMILES string of the molecule is O=C(NC1CCN(Cc2ccncc2)CC1)C1CN(Cc2ccccc2)CCO1. The van der Waals surface area contributed by atoms with E-state index in [-0.39, 0.29) is 18.1 Å². The van der Waals surface area contributed by atoms with Gasteiger partial charge in [-0.1, -0.05) is 30.3 Å². The third-order valence-electron chi connectivity index (χ3n) is 5.78. The van der Waals surface area contributed by atoms with Gasteiger partial charge in [0.1, 0.15) is 6.10 Å². The number of amides is 1. The molecule has 1 aromatic heterocycles. The molecule has 0 radical (unpaired) electrons. The van der Waals surface area contributed by atoms with E-state index < -0.39 is 0 Å². The van der Waals surface area contributed by atoms with Crippen LogP contribution in [-0.4, -0.2) is 65.6 Å². The van der Waals surface area contributed by atoms with Gasteiger partial charge in [-0.3, -0.25) is 19.6 Å². The minimum Gasteiger partial charge on any atom is -0.366 e. The van der Waals surface area contributed by atoms with Crippen LogP contribution in [0.4, 0.5) is 0 Å². The monoisotopic (exact) mass is 394 g/mol. The Morgan fingerprint density at radius 1 is 0.966 bits per heavy atom. The Labute approximate surface area is 172 Å². The Hall–Kier alpha value is -2.28. The van der Waals surface area contributed by atoms with Crippen LogP contribution in [0.1, 0.15) is 24.0 Å². The van der Waals surface area contributed by atoms with Crippen molar-refractivity contribution >= 4 is 5.91 Å². The van der Waals surface area contributed by atoms with E-state index >= 15 is 0 Å². The fourth-order valence-corrected chi connectivity index (χ4v) is 4.12. The number of hydrogen-bond donors (Lipinski definition) is 1. The Kier molecular flexibility index (Phi) is 6.87. The van der Waals surface area contributed by atoms with E-state index in [9.17, 15) is 4.79 Å². The fraction of sp³-hybridized carbons (Fsp3) is 0.478. The van der Waals surface area contributed by atoms with Crippen molar-refractivity contribution in [2.75, 3.05) is 32.8 Å². The lowest BCUT2D eigenvalue weighted by Crippen LogP contribution is -2.53. The third kappa shape index (κ3) is 5.85.